The third-order valence-electron chi connectivity index (χ3n) is 4.21. The van der Waals surface area contributed by atoms with Gasteiger partial charge in [0.1, 0.15) is 0 Å². The normalized spacial score (nSPS) is 33.0. The third-order valence-corrected chi connectivity index (χ3v) is 8.75. The van der Waals surface area contributed by atoms with Crippen molar-refractivity contribution in [3.05, 3.63) is 11.6 Å². The maximum absolute atomic E-state index is 13.5. The molecular weight excluding hydrogens is 387 g/mol. The topological polar surface area (TPSA) is 9.23 Å². The van der Waals surface area contributed by atoms with Crippen molar-refractivity contribution in [1.29, 1.82) is 0 Å². The van der Waals surface area contributed by atoms with E-state index < -0.39 is 29.0 Å². The van der Waals surface area contributed by atoms with E-state index in [0.29, 0.717) is 30.9 Å². The summed E-state index contributed by atoms with van der Waals surface area (Å²) in [4.78, 5) is 0. The van der Waals surface area contributed by atoms with Gasteiger partial charge in [0.15, 0.2) is 0 Å². The Labute approximate surface area is 151 Å². The number of rotatable bonds is 5. The molecule has 9 heteroatoms. The van der Waals surface area contributed by atoms with Crippen LogP contribution in [0, 0.1) is 5.92 Å². The molecule has 0 N–H and O–H groups in total. The lowest BCUT2D eigenvalue weighted by Gasteiger charge is -2.31. The maximum atomic E-state index is 13.5. The summed E-state index contributed by atoms with van der Waals surface area (Å²) in [5.74, 6) is 1.24. The average molecular weight is 409 g/mol. The summed E-state index contributed by atoms with van der Waals surface area (Å²) in [5, 5.41) is 0.396. The molecule has 140 valence electrons. The minimum absolute atomic E-state index is 0.210. The molecule has 1 saturated heterocycles. The first-order valence-electron chi connectivity index (χ1n) is 7.78. The van der Waals surface area contributed by atoms with Crippen LogP contribution < -0.4 is 0 Å². The van der Waals surface area contributed by atoms with Crippen molar-refractivity contribution in [1.82, 2.24) is 0 Å². The van der Waals surface area contributed by atoms with Crippen molar-refractivity contribution in [3.8, 4) is 0 Å². The second kappa shape index (κ2) is 9.37. The lowest BCUT2D eigenvalue weighted by Crippen LogP contribution is -2.28. The Kier molecular flexibility index (Phi) is 8.08. The Balaban J connectivity index is 1.97. The van der Waals surface area contributed by atoms with Gasteiger partial charge in [0.2, 0.25) is 0 Å². The molecule has 2 fully saturated rings. The first-order valence-corrected chi connectivity index (χ1v) is 11.2. The Morgan fingerprint density at radius 1 is 1.12 bits per heavy atom. The van der Waals surface area contributed by atoms with Crippen LogP contribution in [-0.2, 0) is 4.74 Å². The Bertz CT molecular complexity index is 414. The van der Waals surface area contributed by atoms with Crippen LogP contribution >= 0.6 is 35.3 Å². The van der Waals surface area contributed by atoms with Crippen LogP contribution in [0.15, 0.2) is 11.6 Å². The Morgan fingerprint density at radius 3 is 2.17 bits per heavy atom. The molecule has 0 aromatic heterocycles. The highest BCUT2D eigenvalue weighted by Crippen LogP contribution is 2.45. The van der Waals surface area contributed by atoms with E-state index in [9.17, 15) is 22.0 Å². The van der Waals surface area contributed by atoms with Gasteiger partial charge in [-0.15, -0.1) is 23.5 Å². The first-order chi connectivity index (χ1) is 11.3. The van der Waals surface area contributed by atoms with E-state index >= 15 is 0 Å². The molecule has 2 rings (SSSR count). The molecule has 2 aliphatic rings. The van der Waals surface area contributed by atoms with Crippen molar-refractivity contribution in [2.75, 3.05) is 17.8 Å². The second-order valence-electron chi connectivity index (χ2n) is 5.91. The maximum Gasteiger partial charge on any atom is 0.414 e. The number of alkyl halides is 5. The van der Waals surface area contributed by atoms with E-state index in [1.807, 2.05) is 6.26 Å². The predicted octanol–water partition coefficient (Wildman–Crippen LogP) is 5.81. The lowest BCUT2D eigenvalue weighted by molar-refractivity contribution is -0.170. The zero-order chi connectivity index (χ0) is 17.7. The SMILES string of the molecule is CSC1CSC(/C(=C/C2CCC(OC(F)F)CC2)C(F)(F)F)SC1. The Hall–Kier alpha value is 0.400. The fraction of sp³-hybridized carbons (Fsp3) is 0.867. The van der Waals surface area contributed by atoms with Crippen molar-refractivity contribution in [2.45, 2.75) is 54.4 Å². The summed E-state index contributed by atoms with van der Waals surface area (Å²) in [5.41, 5.74) is -0.463. The average Bonchev–Trinajstić information content (AvgIpc) is 2.53. The highest BCUT2D eigenvalue weighted by atomic mass is 32.2. The largest absolute Gasteiger partial charge is 0.414 e. The van der Waals surface area contributed by atoms with Crippen molar-refractivity contribution in [2.24, 2.45) is 5.92 Å². The highest BCUT2D eigenvalue weighted by Gasteiger charge is 2.41. The van der Waals surface area contributed by atoms with Crippen molar-refractivity contribution >= 4 is 35.3 Å². The van der Waals surface area contributed by atoms with Gasteiger partial charge in [0.05, 0.1) is 16.3 Å². The number of halogens is 5. The van der Waals surface area contributed by atoms with Gasteiger partial charge < -0.3 is 4.74 Å². The fourth-order valence-corrected chi connectivity index (χ4v) is 7.26. The summed E-state index contributed by atoms with van der Waals surface area (Å²) < 4.78 is 68.7. The number of ether oxygens (including phenoxy) is 1. The van der Waals surface area contributed by atoms with Crippen LogP contribution in [0.2, 0.25) is 0 Å². The van der Waals surface area contributed by atoms with Gasteiger partial charge >= 0.3 is 12.8 Å². The monoisotopic (exact) mass is 408 g/mol. The standard InChI is InChI=1S/C15H21F5OS3/c1-22-11-7-23-13(24-8-11)12(15(18,19)20)6-9-2-4-10(5-3-9)21-14(16)17/h6,9-11,13-14H,2-5,7-8H2,1H3/b12-6-. The zero-order valence-corrected chi connectivity index (χ0v) is 15.7. The van der Waals surface area contributed by atoms with Crippen molar-refractivity contribution < 1.29 is 26.7 Å². The quantitative estimate of drug-likeness (QED) is 0.419. The van der Waals surface area contributed by atoms with Crippen LogP contribution in [-0.4, -0.2) is 46.5 Å². The van der Waals surface area contributed by atoms with Gasteiger partial charge in [-0.1, -0.05) is 6.08 Å². The zero-order valence-electron chi connectivity index (χ0n) is 13.2. The molecule has 0 bridgehead atoms. The molecule has 0 radical (unpaired) electrons. The summed E-state index contributed by atoms with van der Waals surface area (Å²) >= 11 is 4.41. The number of allylic oxidation sites excluding steroid dienone is 1. The number of hydrogen-bond donors (Lipinski definition) is 0. The summed E-state index contributed by atoms with van der Waals surface area (Å²) in [7, 11) is 0. The van der Waals surface area contributed by atoms with E-state index in [-0.39, 0.29) is 5.92 Å². The molecular formula is C15H21F5OS3. The molecule has 0 atom stereocenters. The Morgan fingerprint density at radius 2 is 1.71 bits per heavy atom. The molecule has 1 heterocycles. The number of thioether (sulfide) groups is 3. The van der Waals surface area contributed by atoms with Crippen LogP contribution in [0.4, 0.5) is 22.0 Å². The minimum Gasteiger partial charge on any atom is -0.320 e. The number of hydrogen-bond acceptors (Lipinski definition) is 4. The van der Waals surface area contributed by atoms with E-state index in [2.05, 4.69) is 4.74 Å². The van der Waals surface area contributed by atoms with Crippen LogP contribution in [0.5, 0.6) is 0 Å². The fourth-order valence-electron chi connectivity index (χ4n) is 2.90. The molecule has 0 unspecified atom stereocenters. The summed E-state index contributed by atoms with van der Waals surface area (Å²) in [6, 6.07) is 0. The molecule has 1 saturated carbocycles. The molecule has 1 aliphatic heterocycles. The lowest BCUT2D eigenvalue weighted by atomic mass is 9.86. The van der Waals surface area contributed by atoms with Gasteiger partial charge in [-0.05, 0) is 37.9 Å². The first kappa shape index (κ1) is 20.7. The molecule has 0 amide bonds. The van der Waals surface area contributed by atoms with Gasteiger partial charge in [-0.3, -0.25) is 0 Å². The second-order valence-corrected chi connectivity index (χ2v) is 9.62. The van der Waals surface area contributed by atoms with Crippen LogP contribution in [0.25, 0.3) is 0 Å². The van der Waals surface area contributed by atoms with Gasteiger partial charge in [-0.2, -0.15) is 33.7 Å². The van der Waals surface area contributed by atoms with E-state index in [1.54, 1.807) is 11.8 Å². The van der Waals surface area contributed by atoms with E-state index in [4.69, 9.17) is 0 Å². The van der Waals surface area contributed by atoms with Gasteiger partial charge in [0, 0.05) is 16.8 Å². The molecule has 0 spiro atoms. The van der Waals surface area contributed by atoms with Gasteiger partial charge in [0.25, 0.3) is 0 Å². The molecule has 1 aliphatic carbocycles. The highest BCUT2D eigenvalue weighted by molar-refractivity contribution is 8.19. The minimum atomic E-state index is -4.34. The van der Waals surface area contributed by atoms with Crippen LogP contribution in [0.1, 0.15) is 25.7 Å². The van der Waals surface area contributed by atoms with Gasteiger partial charge in [-0.25, -0.2) is 0 Å². The molecule has 0 aromatic rings. The predicted molar refractivity (Wildman–Crippen MR) is 93.0 cm³/mol. The summed E-state index contributed by atoms with van der Waals surface area (Å²) in [6.07, 6.45) is 0.151. The molecule has 0 aromatic carbocycles. The third kappa shape index (κ3) is 6.29. The smallest absolute Gasteiger partial charge is 0.320 e. The summed E-state index contributed by atoms with van der Waals surface area (Å²) in [6.45, 7) is -2.81. The molecule has 24 heavy (non-hydrogen) atoms. The van der Waals surface area contributed by atoms with E-state index in [1.165, 1.54) is 29.6 Å². The van der Waals surface area contributed by atoms with E-state index in [0.717, 1.165) is 11.5 Å². The molecule has 1 nitrogen and oxygen atoms in total. The van der Waals surface area contributed by atoms with Crippen molar-refractivity contribution in [3.63, 3.8) is 0 Å². The van der Waals surface area contributed by atoms with Crippen LogP contribution in [0.3, 0.4) is 0 Å².